The monoisotopic (exact) mass is 437 g/mol. The first-order valence-corrected chi connectivity index (χ1v) is 8.41. The molecule has 1 heterocycles. The van der Waals surface area contributed by atoms with Gasteiger partial charge in [-0.1, -0.05) is 35.9 Å². The highest BCUT2D eigenvalue weighted by atomic mass is 127. The van der Waals surface area contributed by atoms with Crippen molar-refractivity contribution in [3.8, 4) is 0 Å². The van der Waals surface area contributed by atoms with Crippen molar-refractivity contribution < 1.29 is 4.79 Å². The summed E-state index contributed by atoms with van der Waals surface area (Å²) in [6.45, 7) is 0.597. The fraction of sp³-hybridized carbons (Fsp3) is 0.0588. The molecule has 23 heavy (non-hydrogen) atoms. The highest BCUT2D eigenvalue weighted by molar-refractivity contribution is 14.1. The summed E-state index contributed by atoms with van der Waals surface area (Å²) in [5, 5.41) is 7.88. The second-order valence-electron chi connectivity index (χ2n) is 4.96. The second-order valence-corrected chi connectivity index (χ2v) is 6.56. The van der Waals surface area contributed by atoms with Gasteiger partial charge in [0.2, 0.25) is 0 Å². The van der Waals surface area contributed by atoms with Gasteiger partial charge in [-0.2, -0.15) is 5.10 Å². The lowest BCUT2D eigenvalue weighted by Gasteiger charge is -2.05. The molecule has 0 bridgehead atoms. The Morgan fingerprint density at radius 3 is 2.78 bits per heavy atom. The Morgan fingerprint density at radius 2 is 2.00 bits per heavy atom. The van der Waals surface area contributed by atoms with Crippen LogP contribution in [0.2, 0.25) is 5.02 Å². The molecule has 2 aromatic carbocycles. The molecule has 0 unspecified atom stereocenters. The van der Waals surface area contributed by atoms with Crippen molar-refractivity contribution in [2.45, 2.75) is 6.54 Å². The summed E-state index contributed by atoms with van der Waals surface area (Å²) >= 11 is 8.12. The van der Waals surface area contributed by atoms with Gasteiger partial charge in [-0.15, -0.1) is 0 Å². The number of carbonyl (C=O) groups excluding carboxylic acids is 1. The van der Waals surface area contributed by atoms with Crippen LogP contribution in [0.25, 0.3) is 0 Å². The van der Waals surface area contributed by atoms with Crippen LogP contribution in [0, 0.1) is 3.57 Å². The van der Waals surface area contributed by atoms with Crippen LogP contribution < -0.4 is 5.32 Å². The van der Waals surface area contributed by atoms with E-state index in [9.17, 15) is 4.79 Å². The average Bonchev–Trinajstić information content (AvgIpc) is 2.94. The molecule has 6 heteroatoms. The molecule has 0 aliphatic carbocycles. The van der Waals surface area contributed by atoms with E-state index in [2.05, 4.69) is 33.0 Å². The lowest BCUT2D eigenvalue weighted by atomic mass is 10.2. The van der Waals surface area contributed by atoms with Crippen LogP contribution in [-0.2, 0) is 6.54 Å². The molecule has 3 rings (SSSR count). The molecule has 0 aliphatic heterocycles. The number of nitrogens with zero attached hydrogens (tertiary/aromatic N) is 2. The number of hydrogen-bond donors (Lipinski definition) is 1. The molecule has 0 atom stereocenters. The van der Waals surface area contributed by atoms with E-state index in [4.69, 9.17) is 11.6 Å². The summed E-state index contributed by atoms with van der Waals surface area (Å²) in [6, 6.07) is 16.8. The normalized spacial score (nSPS) is 10.5. The number of nitrogens with one attached hydrogen (secondary N) is 1. The minimum Gasteiger partial charge on any atom is -0.305 e. The SMILES string of the molecule is O=C(Nc1ccn(Cc2cccc(Cl)c2)n1)c1ccccc1I. The molecule has 0 saturated heterocycles. The summed E-state index contributed by atoms with van der Waals surface area (Å²) in [6.07, 6.45) is 1.83. The molecule has 0 spiro atoms. The first-order valence-electron chi connectivity index (χ1n) is 6.95. The van der Waals surface area contributed by atoms with Crippen LogP contribution >= 0.6 is 34.2 Å². The van der Waals surface area contributed by atoms with E-state index in [1.54, 1.807) is 16.8 Å². The molecule has 4 nitrogen and oxygen atoms in total. The molecule has 116 valence electrons. The number of amides is 1. The van der Waals surface area contributed by atoms with E-state index in [0.717, 1.165) is 9.13 Å². The summed E-state index contributed by atoms with van der Waals surface area (Å²) < 4.78 is 2.66. The molecular formula is C17H13ClIN3O. The maximum atomic E-state index is 12.3. The van der Waals surface area contributed by atoms with Crippen LogP contribution in [0.5, 0.6) is 0 Å². The quantitative estimate of drug-likeness (QED) is 0.613. The number of anilines is 1. The van der Waals surface area contributed by atoms with Gasteiger partial charge >= 0.3 is 0 Å². The van der Waals surface area contributed by atoms with Crippen molar-refractivity contribution >= 4 is 45.9 Å². The predicted octanol–water partition coefficient (Wildman–Crippen LogP) is 4.44. The van der Waals surface area contributed by atoms with Gasteiger partial charge in [-0.3, -0.25) is 9.48 Å². The topological polar surface area (TPSA) is 46.9 Å². The number of carbonyl (C=O) groups is 1. The summed E-state index contributed by atoms with van der Waals surface area (Å²) in [5.74, 6) is 0.361. The third-order valence-electron chi connectivity index (χ3n) is 3.23. The van der Waals surface area contributed by atoms with E-state index < -0.39 is 0 Å². The minimum absolute atomic E-state index is 0.164. The van der Waals surface area contributed by atoms with Crippen LogP contribution in [0.3, 0.4) is 0 Å². The first-order chi connectivity index (χ1) is 11.1. The maximum absolute atomic E-state index is 12.3. The van der Waals surface area contributed by atoms with Gasteiger partial charge in [0.1, 0.15) is 0 Å². The van der Waals surface area contributed by atoms with E-state index in [1.165, 1.54) is 0 Å². The Labute approximate surface area is 152 Å². The molecule has 0 radical (unpaired) electrons. The van der Waals surface area contributed by atoms with Crippen molar-refractivity contribution in [2.24, 2.45) is 0 Å². The van der Waals surface area contributed by atoms with Crippen LogP contribution in [0.15, 0.2) is 60.8 Å². The molecule has 1 aromatic heterocycles. The Bertz CT molecular complexity index is 847. The van der Waals surface area contributed by atoms with Crippen molar-refractivity contribution in [1.29, 1.82) is 0 Å². The third kappa shape index (κ3) is 4.11. The van der Waals surface area contributed by atoms with Crippen LogP contribution in [0.1, 0.15) is 15.9 Å². The van der Waals surface area contributed by atoms with E-state index in [1.807, 2.05) is 48.7 Å². The van der Waals surface area contributed by atoms with Gasteiger partial charge < -0.3 is 5.32 Å². The summed E-state index contributed by atoms with van der Waals surface area (Å²) in [4.78, 5) is 12.3. The summed E-state index contributed by atoms with van der Waals surface area (Å²) in [7, 11) is 0. The van der Waals surface area contributed by atoms with E-state index in [0.29, 0.717) is 22.9 Å². The van der Waals surface area contributed by atoms with Crippen molar-refractivity contribution in [3.63, 3.8) is 0 Å². The zero-order chi connectivity index (χ0) is 16.2. The molecule has 1 N–H and O–H groups in total. The number of halogens is 2. The minimum atomic E-state index is -0.164. The zero-order valence-electron chi connectivity index (χ0n) is 12.0. The largest absolute Gasteiger partial charge is 0.305 e. The van der Waals surface area contributed by atoms with Crippen LogP contribution in [-0.4, -0.2) is 15.7 Å². The third-order valence-corrected chi connectivity index (χ3v) is 4.41. The molecule has 3 aromatic rings. The van der Waals surface area contributed by atoms with Crippen molar-refractivity contribution in [3.05, 3.63) is 80.5 Å². The Balaban J connectivity index is 1.70. The van der Waals surface area contributed by atoms with Gasteiger partial charge in [0.15, 0.2) is 5.82 Å². The van der Waals surface area contributed by atoms with E-state index in [-0.39, 0.29) is 5.91 Å². The smallest absolute Gasteiger partial charge is 0.257 e. The Hall–Kier alpha value is -1.86. The molecule has 1 amide bonds. The average molecular weight is 438 g/mol. The van der Waals surface area contributed by atoms with Gasteiger partial charge in [-0.05, 0) is 52.4 Å². The predicted molar refractivity (Wildman–Crippen MR) is 99.9 cm³/mol. The van der Waals surface area contributed by atoms with Crippen molar-refractivity contribution in [2.75, 3.05) is 5.32 Å². The molecule has 0 saturated carbocycles. The lowest BCUT2D eigenvalue weighted by molar-refractivity contribution is 0.102. The second kappa shape index (κ2) is 7.14. The number of rotatable bonds is 4. The van der Waals surface area contributed by atoms with Crippen LogP contribution in [0.4, 0.5) is 5.82 Å². The number of benzene rings is 2. The summed E-state index contributed by atoms with van der Waals surface area (Å²) in [5.41, 5.74) is 1.69. The standard InChI is InChI=1S/C17H13ClIN3O/c18-13-5-3-4-12(10-13)11-22-9-8-16(21-22)20-17(23)14-6-1-2-7-15(14)19/h1-10H,11H2,(H,20,21,23). The first kappa shape index (κ1) is 16.0. The molecular weight excluding hydrogens is 425 g/mol. The highest BCUT2D eigenvalue weighted by Crippen LogP contribution is 2.15. The number of aromatic nitrogens is 2. The maximum Gasteiger partial charge on any atom is 0.257 e. The Morgan fingerprint density at radius 1 is 1.17 bits per heavy atom. The zero-order valence-corrected chi connectivity index (χ0v) is 15.0. The van der Waals surface area contributed by atoms with Gasteiger partial charge in [0.05, 0.1) is 12.1 Å². The van der Waals surface area contributed by atoms with Gasteiger partial charge in [0, 0.05) is 20.9 Å². The van der Waals surface area contributed by atoms with E-state index >= 15 is 0 Å². The Kier molecular flexibility index (Phi) is 4.97. The van der Waals surface area contributed by atoms with Crippen molar-refractivity contribution in [1.82, 2.24) is 9.78 Å². The van der Waals surface area contributed by atoms with Gasteiger partial charge in [0.25, 0.3) is 5.91 Å². The number of hydrogen-bond acceptors (Lipinski definition) is 2. The van der Waals surface area contributed by atoms with Gasteiger partial charge in [-0.25, -0.2) is 0 Å². The fourth-order valence-corrected chi connectivity index (χ4v) is 3.01. The fourth-order valence-electron chi connectivity index (χ4n) is 2.17. The molecule has 0 fully saturated rings. The highest BCUT2D eigenvalue weighted by Gasteiger charge is 2.10. The lowest BCUT2D eigenvalue weighted by Crippen LogP contribution is -2.14. The molecule has 0 aliphatic rings.